The van der Waals surface area contributed by atoms with E-state index in [9.17, 15) is 18.0 Å². The van der Waals surface area contributed by atoms with Gasteiger partial charge in [0.05, 0.1) is 5.56 Å². The molecule has 0 spiro atoms. The molecule has 4 heteroatoms. The zero-order valence-corrected chi connectivity index (χ0v) is 11.1. The van der Waals surface area contributed by atoms with Gasteiger partial charge in [0, 0.05) is 6.42 Å². The van der Waals surface area contributed by atoms with Crippen molar-refractivity contribution in [3.63, 3.8) is 0 Å². The average Bonchev–Trinajstić information content (AvgIpc) is 2.35. The summed E-state index contributed by atoms with van der Waals surface area (Å²) >= 11 is 0. The third-order valence-electron chi connectivity index (χ3n) is 2.93. The highest BCUT2D eigenvalue weighted by Gasteiger charge is 2.29. The second-order valence-corrected chi connectivity index (χ2v) is 4.35. The molecular weight excluding hydrogens is 253 g/mol. The molecule has 19 heavy (non-hydrogen) atoms. The maximum atomic E-state index is 12.4. The lowest BCUT2D eigenvalue weighted by Crippen LogP contribution is -2.05. The maximum Gasteiger partial charge on any atom is 0.416 e. The van der Waals surface area contributed by atoms with E-state index in [-0.39, 0.29) is 12.2 Å². The summed E-state index contributed by atoms with van der Waals surface area (Å²) in [5, 5.41) is 0. The van der Waals surface area contributed by atoms with Crippen molar-refractivity contribution < 1.29 is 18.0 Å². The van der Waals surface area contributed by atoms with Gasteiger partial charge in [-0.15, -0.1) is 0 Å². The molecule has 1 rings (SSSR count). The van der Waals surface area contributed by atoms with Crippen molar-refractivity contribution >= 4 is 5.78 Å². The highest BCUT2D eigenvalue weighted by molar-refractivity contribution is 5.92. The van der Waals surface area contributed by atoms with E-state index in [1.807, 2.05) is 13.8 Å². The van der Waals surface area contributed by atoms with Crippen molar-refractivity contribution in [2.24, 2.45) is 0 Å². The van der Waals surface area contributed by atoms with Gasteiger partial charge < -0.3 is 0 Å². The van der Waals surface area contributed by atoms with E-state index in [1.165, 1.54) is 12.1 Å². The summed E-state index contributed by atoms with van der Waals surface area (Å²) in [6.07, 6.45) is -0.968. The maximum absolute atomic E-state index is 12.4. The Labute approximate surface area is 111 Å². The van der Waals surface area contributed by atoms with Gasteiger partial charge in [-0.3, -0.25) is 4.79 Å². The molecule has 104 valence electrons. The van der Waals surface area contributed by atoms with Crippen LogP contribution < -0.4 is 0 Å². The molecule has 0 aliphatic rings. The van der Waals surface area contributed by atoms with Gasteiger partial charge in [-0.25, -0.2) is 0 Å². The molecule has 0 saturated heterocycles. The van der Waals surface area contributed by atoms with E-state index in [1.54, 1.807) is 6.08 Å². The Balaban J connectivity index is 2.74. The number of hydrogen-bond donors (Lipinski definition) is 0. The molecule has 0 N–H and O–H groups in total. The molecule has 0 aromatic heterocycles. The molecule has 0 aliphatic heterocycles. The van der Waals surface area contributed by atoms with Crippen LogP contribution in [0, 0.1) is 0 Å². The van der Waals surface area contributed by atoms with Crippen molar-refractivity contribution in [1.82, 2.24) is 0 Å². The van der Waals surface area contributed by atoms with Gasteiger partial charge >= 0.3 is 6.18 Å². The van der Waals surface area contributed by atoms with E-state index >= 15 is 0 Å². The largest absolute Gasteiger partial charge is 0.416 e. The van der Waals surface area contributed by atoms with Gasteiger partial charge in [0.25, 0.3) is 0 Å². The van der Waals surface area contributed by atoms with Crippen molar-refractivity contribution in [2.45, 2.75) is 39.3 Å². The highest BCUT2D eigenvalue weighted by atomic mass is 19.4. The smallest absolute Gasteiger partial charge is 0.294 e. The lowest BCUT2D eigenvalue weighted by molar-refractivity contribution is -0.137. The van der Waals surface area contributed by atoms with Crippen LogP contribution in [-0.4, -0.2) is 5.78 Å². The van der Waals surface area contributed by atoms with Gasteiger partial charge in [-0.1, -0.05) is 31.6 Å². The zero-order chi connectivity index (χ0) is 14.5. The number of benzene rings is 1. The lowest BCUT2D eigenvalue weighted by Gasteiger charge is -2.07. The first kappa shape index (κ1) is 15.5. The van der Waals surface area contributed by atoms with Crippen molar-refractivity contribution in [3.8, 4) is 0 Å². The van der Waals surface area contributed by atoms with Crippen LogP contribution in [0.4, 0.5) is 13.2 Å². The first-order valence-corrected chi connectivity index (χ1v) is 6.25. The molecule has 1 nitrogen and oxygen atoms in total. The van der Waals surface area contributed by atoms with E-state index in [4.69, 9.17) is 0 Å². The second-order valence-electron chi connectivity index (χ2n) is 4.35. The number of rotatable bonds is 5. The monoisotopic (exact) mass is 270 g/mol. The molecule has 0 aliphatic carbocycles. The number of ketones is 1. The number of hydrogen-bond acceptors (Lipinski definition) is 1. The zero-order valence-electron chi connectivity index (χ0n) is 11.1. The number of carbonyl (C=O) groups excluding carboxylic acids is 1. The van der Waals surface area contributed by atoms with Gasteiger partial charge in [-0.05, 0) is 36.6 Å². The van der Waals surface area contributed by atoms with Crippen LogP contribution in [0.25, 0.3) is 0 Å². The van der Waals surface area contributed by atoms with Crippen LogP contribution in [-0.2, 0) is 17.4 Å². The summed E-state index contributed by atoms with van der Waals surface area (Å²) in [5.74, 6) is -0.0709. The minimum Gasteiger partial charge on any atom is -0.294 e. The Morgan fingerprint density at radius 2 is 1.63 bits per heavy atom. The molecule has 0 saturated carbocycles. The SMILES string of the molecule is CCC(=CC(=O)Cc1ccc(C(F)(F)F)cc1)CC. The lowest BCUT2D eigenvalue weighted by atomic mass is 10.0. The first-order chi connectivity index (χ1) is 8.86. The van der Waals surface area contributed by atoms with Crippen molar-refractivity contribution in [2.75, 3.05) is 0 Å². The Morgan fingerprint density at radius 3 is 2.05 bits per heavy atom. The fraction of sp³-hybridized carbons (Fsp3) is 0.400. The molecule has 0 bridgehead atoms. The molecular formula is C15H17F3O. The Hall–Kier alpha value is -1.58. The third kappa shape index (κ3) is 4.89. The molecule has 0 radical (unpaired) electrons. The summed E-state index contributed by atoms with van der Waals surface area (Å²) in [5.41, 5.74) is 0.958. The van der Waals surface area contributed by atoms with E-state index in [0.29, 0.717) is 5.56 Å². The fourth-order valence-electron chi connectivity index (χ4n) is 1.75. The molecule has 1 aromatic rings. The number of halogens is 3. The van der Waals surface area contributed by atoms with Gasteiger partial charge in [-0.2, -0.15) is 13.2 Å². The first-order valence-electron chi connectivity index (χ1n) is 6.25. The Bertz CT molecular complexity index is 449. The third-order valence-corrected chi connectivity index (χ3v) is 2.93. The summed E-state index contributed by atoms with van der Waals surface area (Å²) in [7, 11) is 0. The second kappa shape index (κ2) is 6.55. The molecule has 0 amide bonds. The molecule has 0 fully saturated rings. The molecule has 0 heterocycles. The predicted octanol–water partition coefficient (Wildman–Crippen LogP) is 4.56. The highest BCUT2D eigenvalue weighted by Crippen LogP contribution is 2.29. The van der Waals surface area contributed by atoms with Crippen LogP contribution >= 0.6 is 0 Å². The van der Waals surface area contributed by atoms with Crippen LogP contribution in [0.15, 0.2) is 35.9 Å². The summed E-state index contributed by atoms with van der Waals surface area (Å²) in [6, 6.07) is 4.72. The Kier molecular flexibility index (Phi) is 5.33. The number of carbonyl (C=O) groups is 1. The summed E-state index contributed by atoms with van der Waals surface area (Å²) < 4.78 is 37.1. The minimum atomic E-state index is -4.33. The van der Waals surface area contributed by atoms with Crippen LogP contribution in [0.2, 0.25) is 0 Å². The topological polar surface area (TPSA) is 17.1 Å². The van der Waals surface area contributed by atoms with Gasteiger partial charge in [0.15, 0.2) is 5.78 Å². The number of alkyl halides is 3. The summed E-state index contributed by atoms with van der Waals surface area (Å²) in [4.78, 5) is 11.7. The van der Waals surface area contributed by atoms with E-state index < -0.39 is 11.7 Å². The van der Waals surface area contributed by atoms with Crippen molar-refractivity contribution in [3.05, 3.63) is 47.0 Å². The fourth-order valence-corrected chi connectivity index (χ4v) is 1.75. The van der Waals surface area contributed by atoms with E-state index in [0.717, 1.165) is 30.5 Å². The predicted molar refractivity (Wildman–Crippen MR) is 68.8 cm³/mol. The van der Waals surface area contributed by atoms with Gasteiger partial charge in [0.1, 0.15) is 0 Å². The standard InChI is InChI=1S/C15H17F3O/c1-3-11(4-2)9-14(19)10-12-5-7-13(8-6-12)15(16,17)18/h5-9H,3-4,10H2,1-2H3. The molecule has 0 atom stereocenters. The van der Waals surface area contributed by atoms with Gasteiger partial charge in [0.2, 0.25) is 0 Å². The summed E-state index contributed by atoms with van der Waals surface area (Å²) in [6.45, 7) is 3.95. The normalized spacial score (nSPS) is 11.2. The molecule has 1 aromatic carbocycles. The quantitative estimate of drug-likeness (QED) is 0.717. The van der Waals surface area contributed by atoms with Crippen LogP contribution in [0.5, 0.6) is 0 Å². The van der Waals surface area contributed by atoms with Crippen LogP contribution in [0.3, 0.4) is 0 Å². The van der Waals surface area contributed by atoms with E-state index in [2.05, 4.69) is 0 Å². The molecule has 0 unspecified atom stereocenters. The van der Waals surface area contributed by atoms with Crippen molar-refractivity contribution in [1.29, 1.82) is 0 Å². The van der Waals surface area contributed by atoms with Crippen LogP contribution in [0.1, 0.15) is 37.8 Å². The Morgan fingerprint density at radius 1 is 1.11 bits per heavy atom. The minimum absolute atomic E-state index is 0.0709. The average molecular weight is 270 g/mol. The number of allylic oxidation sites excluding steroid dienone is 2.